The first-order valence-corrected chi connectivity index (χ1v) is 8.56. The fourth-order valence-corrected chi connectivity index (χ4v) is 3.89. The third-order valence-corrected chi connectivity index (χ3v) is 4.95. The van der Waals surface area contributed by atoms with E-state index in [1.807, 2.05) is 30.7 Å². The molecule has 2 aliphatic heterocycles. The van der Waals surface area contributed by atoms with Gasteiger partial charge >= 0.3 is 0 Å². The molecule has 0 bridgehead atoms. The van der Waals surface area contributed by atoms with Crippen LogP contribution in [-0.2, 0) is 19.5 Å². The number of hydrogen-bond donors (Lipinski definition) is 1. The molecular weight excluding hydrogens is 306 g/mol. The molecule has 128 valence electrons. The summed E-state index contributed by atoms with van der Waals surface area (Å²) in [7, 11) is 0. The smallest absolute Gasteiger partial charge is 0.289 e. The molecule has 2 aliphatic rings. The molecule has 2 atom stereocenters. The Balaban J connectivity index is 1.46. The lowest BCUT2D eigenvalue weighted by Crippen LogP contribution is -2.35. The monoisotopic (exact) mass is 329 g/mol. The first kappa shape index (κ1) is 15.4. The number of likely N-dealkylation sites (tertiary alicyclic amines) is 1. The second-order valence-corrected chi connectivity index (χ2v) is 7.23. The number of amides is 1. The summed E-state index contributed by atoms with van der Waals surface area (Å²) in [5.41, 5.74) is 1.21. The van der Waals surface area contributed by atoms with Crippen LogP contribution in [0, 0.1) is 11.8 Å². The largest absolute Gasteiger partial charge is 0.472 e. The fraction of sp³-hybridized carbons (Fsp3) is 0.588. The molecule has 2 aromatic heterocycles. The second-order valence-electron chi connectivity index (χ2n) is 7.23. The molecular formula is C17H23N5O2. The number of nitrogens with zero attached hydrogens (tertiary/aromatic N) is 4. The van der Waals surface area contributed by atoms with Gasteiger partial charge in [-0.3, -0.25) is 9.69 Å². The highest BCUT2D eigenvalue weighted by molar-refractivity contribution is 5.90. The van der Waals surface area contributed by atoms with E-state index >= 15 is 0 Å². The molecule has 0 aromatic carbocycles. The summed E-state index contributed by atoms with van der Waals surface area (Å²) in [4.78, 5) is 14.8. The highest BCUT2D eigenvalue weighted by Crippen LogP contribution is 2.33. The summed E-state index contributed by atoms with van der Waals surface area (Å²) < 4.78 is 7.18. The van der Waals surface area contributed by atoms with Gasteiger partial charge in [0.1, 0.15) is 5.82 Å². The predicted octanol–water partition coefficient (Wildman–Crippen LogP) is 1.31. The molecule has 1 fully saturated rings. The molecule has 0 unspecified atom stereocenters. The summed E-state index contributed by atoms with van der Waals surface area (Å²) in [6.45, 7) is 7.76. The van der Waals surface area contributed by atoms with Crippen LogP contribution in [0.4, 0.5) is 0 Å². The SMILES string of the molecule is CC(C)NC(=O)c1nnc2n1C[C@@H]1CN(Cc3ccoc3)C[C@H]1C2. The van der Waals surface area contributed by atoms with E-state index in [4.69, 9.17) is 4.42 Å². The van der Waals surface area contributed by atoms with Gasteiger partial charge in [-0.2, -0.15) is 0 Å². The van der Waals surface area contributed by atoms with Crippen molar-refractivity contribution in [3.63, 3.8) is 0 Å². The van der Waals surface area contributed by atoms with Crippen molar-refractivity contribution in [2.75, 3.05) is 13.1 Å². The molecule has 1 amide bonds. The number of hydrogen-bond acceptors (Lipinski definition) is 5. The third-order valence-electron chi connectivity index (χ3n) is 4.95. The minimum absolute atomic E-state index is 0.0960. The molecule has 1 N–H and O–H groups in total. The highest BCUT2D eigenvalue weighted by Gasteiger charge is 2.39. The van der Waals surface area contributed by atoms with Crippen LogP contribution in [0.3, 0.4) is 0 Å². The van der Waals surface area contributed by atoms with Gasteiger partial charge in [0.05, 0.1) is 12.5 Å². The van der Waals surface area contributed by atoms with Crippen molar-refractivity contribution in [1.29, 1.82) is 0 Å². The van der Waals surface area contributed by atoms with Gasteiger partial charge in [-0.05, 0) is 31.7 Å². The quantitative estimate of drug-likeness (QED) is 0.915. The van der Waals surface area contributed by atoms with Crippen molar-refractivity contribution in [2.24, 2.45) is 11.8 Å². The second kappa shape index (κ2) is 6.05. The van der Waals surface area contributed by atoms with E-state index in [-0.39, 0.29) is 11.9 Å². The number of rotatable bonds is 4. The van der Waals surface area contributed by atoms with Crippen molar-refractivity contribution >= 4 is 5.91 Å². The van der Waals surface area contributed by atoms with Gasteiger partial charge in [0.25, 0.3) is 5.91 Å². The zero-order valence-electron chi connectivity index (χ0n) is 14.1. The van der Waals surface area contributed by atoms with Crippen molar-refractivity contribution in [2.45, 2.75) is 39.4 Å². The molecule has 0 aliphatic carbocycles. The summed E-state index contributed by atoms with van der Waals surface area (Å²) in [6, 6.07) is 2.12. The van der Waals surface area contributed by atoms with Crippen LogP contribution in [0.5, 0.6) is 0 Å². The zero-order valence-corrected chi connectivity index (χ0v) is 14.1. The number of carbonyl (C=O) groups is 1. The van der Waals surface area contributed by atoms with Gasteiger partial charge in [0.15, 0.2) is 0 Å². The molecule has 2 aromatic rings. The molecule has 4 rings (SSSR count). The summed E-state index contributed by atoms with van der Waals surface area (Å²) in [5, 5.41) is 11.3. The van der Waals surface area contributed by atoms with Gasteiger partial charge in [0, 0.05) is 44.2 Å². The Hall–Kier alpha value is -2.15. The van der Waals surface area contributed by atoms with Gasteiger partial charge in [-0.1, -0.05) is 0 Å². The van der Waals surface area contributed by atoms with Crippen LogP contribution in [0.15, 0.2) is 23.0 Å². The van der Waals surface area contributed by atoms with Crippen LogP contribution in [0.25, 0.3) is 0 Å². The lowest BCUT2D eigenvalue weighted by Gasteiger charge is -2.25. The van der Waals surface area contributed by atoms with Gasteiger partial charge in [0.2, 0.25) is 5.82 Å². The van der Waals surface area contributed by atoms with Crippen molar-refractivity contribution in [3.8, 4) is 0 Å². The Morgan fingerprint density at radius 3 is 2.92 bits per heavy atom. The minimum Gasteiger partial charge on any atom is -0.472 e. The van der Waals surface area contributed by atoms with Crippen LogP contribution in [0.2, 0.25) is 0 Å². The first-order valence-electron chi connectivity index (χ1n) is 8.56. The van der Waals surface area contributed by atoms with Crippen LogP contribution in [-0.4, -0.2) is 44.7 Å². The Morgan fingerprint density at radius 2 is 2.17 bits per heavy atom. The Bertz CT molecular complexity index is 721. The zero-order chi connectivity index (χ0) is 16.7. The molecule has 7 nitrogen and oxygen atoms in total. The molecule has 0 radical (unpaired) electrons. The summed E-state index contributed by atoms with van der Waals surface area (Å²) in [5.74, 6) is 2.40. The molecule has 1 saturated heterocycles. The van der Waals surface area contributed by atoms with Crippen molar-refractivity contribution in [3.05, 3.63) is 35.8 Å². The van der Waals surface area contributed by atoms with E-state index in [9.17, 15) is 4.79 Å². The number of carbonyl (C=O) groups excluding carboxylic acids is 1. The number of fused-ring (bicyclic) bond motifs is 2. The van der Waals surface area contributed by atoms with Crippen LogP contribution in [0.1, 0.15) is 35.9 Å². The Kier molecular flexibility index (Phi) is 3.88. The molecule has 0 spiro atoms. The first-order chi connectivity index (χ1) is 11.6. The van der Waals surface area contributed by atoms with E-state index in [0.717, 1.165) is 38.4 Å². The number of nitrogens with one attached hydrogen (secondary N) is 1. The van der Waals surface area contributed by atoms with Gasteiger partial charge in [-0.25, -0.2) is 0 Å². The maximum atomic E-state index is 12.3. The average Bonchev–Trinajstić information content (AvgIpc) is 3.22. The topological polar surface area (TPSA) is 76.2 Å². The third kappa shape index (κ3) is 2.84. The van der Waals surface area contributed by atoms with E-state index < -0.39 is 0 Å². The van der Waals surface area contributed by atoms with Crippen LogP contribution < -0.4 is 5.32 Å². The van der Waals surface area contributed by atoms with E-state index in [0.29, 0.717) is 17.7 Å². The predicted molar refractivity (Wildman–Crippen MR) is 87.3 cm³/mol. The van der Waals surface area contributed by atoms with Gasteiger partial charge < -0.3 is 14.3 Å². The fourth-order valence-electron chi connectivity index (χ4n) is 3.89. The van der Waals surface area contributed by atoms with E-state index in [1.165, 1.54) is 5.56 Å². The molecule has 7 heteroatoms. The highest BCUT2D eigenvalue weighted by atomic mass is 16.3. The molecule has 24 heavy (non-hydrogen) atoms. The summed E-state index contributed by atoms with van der Waals surface area (Å²) >= 11 is 0. The van der Waals surface area contributed by atoms with Crippen LogP contribution >= 0.6 is 0 Å². The summed E-state index contributed by atoms with van der Waals surface area (Å²) in [6.07, 6.45) is 4.43. The molecule has 4 heterocycles. The number of furan rings is 1. The lowest BCUT2D eigenvalue weighted by atomic mass is 9.89. The normalized spacial score (nSPS) is 23.3. The number of aromatic nitrogens is 3. The standard InChI is InChI=1S/C17H23N5O2/c1-11(2)18-17(23)16-20-19-15-5-13-7-21(6-12-3-4-24-10-12)8-14(13)9-22(15)16/h3-4,10-11,13-14H,5-9H2,1-2H3,(H,18,23)/t13-,14+/m1/s1. The van der Waals surface area contributed by atoms with Crippen molar-refractivity contribution < 1.29 is 9.21 Å². The Labute approximate surface area is 141 Å². The maximum Gasteiger partial charge on any atom is 0.289 e. The van der Waals surface area contributed by atoms with Gasteiger partial charge in [-0.15, -0.1) is 10.2 Å². The maximum absolute atomic E-state index is 12.3. The average molecular weight is 329 g/mol. The van der Waals surface area contributed by atoms with E-state index in [1.54, 1.807) is 6.26 Å². The molecule has 0 saturated carbocycles. The van der Waals surface area contributed by atoms with Crippen molar-refractivity contribution in [1.82, 2.24) is 25.0 Å². The van der Waals surface area contributed by atoms with E-state index in [2.05, 4.69) is 20.4 Å². The minimum atomic E-state index is -0.129. The Morgan fingerprint density at radius 1 is 1.33 bits per heavy atom. The lowest BCUT2D eigenvalue weighted by molar-refractivity contribution is 0.0924.